The molecule has 0 atom stereocenters. The Morgan fingerprint density at radius 3 is 1.90 bits per heavy atom. The average Bonchev–Trinajstić information content (AvgIpc) is 3.54. The van der Waals surface area contributed by atoms with Crippen molar-refractivity contribution in [2.24, 2.45) is 0 Å². The Balaban J connectivity index is 0.000000182. The summed E-state index contributed by atoms with van der Waals surface area (Å²) in [6, 6.07) is 50.7. The molecular formula is C47H42IrN2OSi-2. The molecule has 5 heteroatoms. The third kappa shape index (κ3) is 7.93. The first-order chi connectivity index (χ1) is 24.7. The van der Waals surface area contributed by atoms with Gasteiger partial charge in [0.15, 0.2) is 0 Å². The van der Waals surface area contributed by atoms with Crippen molar-refractivity contribution in [3.8, 4) is 44.8 Å². The molecule has 5 aromatic carbocycles. The number of hydrogen-bond donors (Lipinski definition) is 0. The molecule has 1 radical (unpaired) electrons. The molecule has 3 heterocycles. The van der Waals surface area contributed by atoms with Crippen molar-refractivity contribution in [1.82, 2.24) is 9.97 Å². The molecule has 0 unspecified atom stereocenters. The van der Waals surface area contributed by atoms with Gasteiger partial charge in [0, 0.05) is 37.9 Å². The molecule has 0 saturated carbocycles. The molecule has 8 rings (SSSR count). The van der Waals surface area contributed by atoms with Crippen LogP contribution in [0.25, 0.3) is 66.7 Å². The van der Waals surface area contributed by atoms with E-state index in [4.69, 9.17) is 4.42 Å². The normalized spacial score (nSPS) is 11.3. The monoisotopic (exact) mass is 871 g/mol. The van der Waals surface area contributed by atoms with Crippen LogP contribution in [0.1, 0.15) is 30.9 Å². The minimum Gasteiger partial charge on any atom is -0.501 e. The molecule has 0 aliphatic carbocycles. The van der Waals surface area contributed by atoms with Crippen molar-refractivity contribution >= 4 is 35.2 Å². The van der Waals surface area contributed by atoms with Crippen LogP contribution in [-0.4, -0.2) is 18.0 Å². The van der Waals surface area contributed by atoms with E-state index in [1.807, 2.05) is 36.7 Å². The molecule has 0 bridgehead atoms. The zero-order valence-corrected chi connectivity index (χ0v) is 33.9. The van der Waals surface area contributed by atoms with Crippen LogP contribution in [0, 0.1) is 19.1 Å². The molecule has 0 fully saturated rings. The van der Waals surface area contributed by atoms with Gasteiger partial charge in [-0.2, -0.15) is 0 Å². The fourth-order valence-electron chi connectivity index (χ4n) is 6.46. The van der Waals surface area contributed by atoms with Crippen LogP contribution in [0.2, 0.25) is 19.6 Å². The van der Waals surface area contributed by atoms with Gasteiger partial charge >= 0.3 is 0 Å². The minimum absolute atomic E-state index is 0. The van der Waals surface area contributed by atoms with Gasteiger partial charge in [-0.15, -0.1) is 53.6 Å². The van der Waals surface area contributed by atoms with Gasteiger partial charge in [-0.05, 0) is 63.3 Å². The van der Waals surface area contributed by atoms with Crippen LogP contribution >= 0.6 is 0 Å². The van der Waals surface area contributed by atoms with E-state index < -0.39 is 8.07 Å². The van der Waals surface area contributed by atoms with Crippen molar-refractivity contribution in [1.29, 1.82) is 0 Å². The summed E-state index contributed by atoms with van der Waals surface area (Å²) in [5, 5.41) is 3.60. The quantitative estimate of drug-likeness (QED) is 0.123. The van der Waals surface area contributed by atoms with Crippen LogP contribution < -0.4 is 5.19 Å². The van der Waals surface area contributed by atoms with Crippen molar-refractivity contribution < 1.29 is 24.5 Å². The number of furan rings is 1. The smallest absolute Gasteiger partial charge is 0.121 e. The van der Waals surface area contributed by atoms with Crippen LogP contribution in [-0.2, 0) is 20.1 Å². The largest absolute Gasteiger partial charge is 0.501 e. The number of aryl methyl sites for hydroxylation is 1. The van der Waals surface area contributed by atoms with E-state index in [-0.39, 0.29) is 20.1 Å². The van der Waals surface area contributed by atoms with Gasteiger partial charge in [-0.25, -0.2) is 0 Å². The second-order valence-electron chi connectivity index (χ2n) is 14.4. The van der Waals surface area contributed by atoms with Gasteiger partial charge in [0.1, 0.15) is 5.58 Å². The molecule has 0 amide bonds. The van der Waals surface area contributed by atoms with Crippen LogP contribution in [0.5, 0.6) is 0 Å². The van der Waals surface area contributed by atoms with Gasteiger partial charge in [-0.3, -0.25) is 0 Å². The molecule has 261 valence electrons. The van der Waals surface area contributed by atoms with Crippen LogP contribution in [0.3, 0.4) is 0 Å². The average molecular weight is 871 g/mol. The van der Waals surface area contributed by atoms with Crippen molar-refractivity contribution in [3.05, 3.63) is 163 Å². The van der Waals surface area contributed by atoms with Gasteiger partial charge in [-0.1, -0.05) is 135 Å². The van der Waals surface area contributed by atoms with E-state index in [2.05, 4.69) is 166 Å². The maximum Gasteiger partial charge on any atom is 0.121 e. The first-order valence-corrected chi connectivity index (χ1v) is 21.1. The summed E-state index contributed by atoms with van der Waals surface area (Å²) in [5.74, 6) is 0.444. The molecule has 52 heavy (non-hydrogen) atoms. The number of nitrogens with zero attached hydrogens (tertiary/aromatic N) is 2. The fraction of sp³-hybridized carbons (Fsp3) is 0.149. The summed E-state index contributed by atoms with van der Waals surface area (Å²) in [4.78, 5) is 9.34. The van der Waals surface area contributed by atoms with Crippen LogP contribution in [0.4, 0.5) is 0 Å². The Morgan fingerprint density at radius 2 is 1.27 bits per heavy atom. The third-order valence-electron chi connectivity index (χ3n) is 9.38. The van der Waals surface area contributed by atoms with Gasteiger partial charge in [0.25, 0.3) is 0 Å². The molecule has 3 nitrogen and oxygen atoms in total. The summed E-state index contributed by atoms with van der Waals surface area (Å²) >= 11 is 0. The van der Waals surface area contributed by atoms with Gasteiger partial charge in [0.05, 0.1) is 13.7 Å². The summed E-state index contributed by atoms with van der Waals surface area (Å²) in [7, 11) is -1.29. The van der Waals surface area contributed by atoms with Crippen molar-refractivity contribution in [2.45, 2.75) is 46.3 Å². The molecular weight excluding hydrogens is 829 g/mol. The summed E-state index contributed by atoms with van der Waals surface area (Å²) in [6.45, 7) is 13.6. The second kappa shape index (κ2) is 15.8. The number of benzene rings is 5. The number of hydrogen-bond acceptors (Lipinski definition) is 3. The first-order valence-electron chi connectivity index (χ1n) is 17.6. The Morgan fingerprint density at radius 1 is 0.615 bits per heavy atom. The maximum atomic E-state index is 6.36. The predicted molar refractivity (Wildman–Crippen MR) is 217 cm³/mol. The Kier molecular flexibility index (Phi) is 11.2. The summed E-state index contributed by atoms with van der Waals surface area (Å²) < 4.78 is 6.36. The van der Waals surface area contributed by atoms with E-state index in [1.54, 1.807) is 0 Å². The molecule has 0 aliphatic rings. The molecule has 0 N–H and O–H groups in total. The molecule has 3 aromatic heterocycles. The van der Waals surface area contributed by atoms with Crippen LogP contribution in [0.15, 0.2) is 144 Å². The molecule has 0 saturated heterocycles. The molecule has 8 aromatic rings. The van der Waals surface area contributed by atoms with Gasteiger partial charge < -0.3 is 14.4 Å². The standard InChI is InChI=1S/C27H22NO.C20H20NSi.Ir/c1-17(2)24-15-25(28-16-18(24)3)23-11-7-10-22-21-13-12-20(14-26(21)29-27(22)23)19-8-5-4-6-9-19;1-22(2,3)19-12-13-20(21-15-19)18-11-7-10-17(14-18)16-8-5-4-6-9-16;/h4-10,12-17H,1-3H3;4-10,12-15H,1-3H3;/q2*-1;. The first kappa shape index (κ1) is 36.8. The summed E-state index contributed by atoms with van der Waals surface area (Å²) in [5.41, 5.74) is 12.9. The topological polar surface area (TPSA) is 38.9 Å². The van der Waals surface area contributed by atoms with Crippen molar-refractivity contribution in [3.63, 3.8) is 0 Å². The van der Waals surface area contributed by atoms with Gasteiger partial charge in [0.2, 0.25) is 0 Å². The SMILES string of the molecule is C[Si](C)(C)c1ccc(-c2[c-]ccc(-c3ccccc3)c2)nc1.Cc1cnc(-c2[c-]ccc3c2oc2cc(-c4ccccc4)ccc23)cc1C(C)C.[Ir]. The molecule has 0 spiro atoms. The zero-order chi connectivity index (χ0) is 35.5. The minimum atomic E-state index is -1.29. The number of rotatable bonds is 6. The third-order valence-corrected chi connectivity index (χ3v) is 11.4. The zero-order valence-electron chi connectivity index (χ0n) is 30.5. The maximum absolute atomic E-state index is 6.36. The number of aromatic nitrogens is 2. The number of fused-ring (bicyclic) bond motifs is 3. The van der Waals surface area contributed by atoms with Crippen molar-refractivity contribution in [2.75, 3.05) is 0 Å². The number of pyridine rings is 2. The van der Waals surface area contributed by atoms with E-state index in [9.17, 15) is 0 Å². The predicted octanol–water partition coefficient (Wildman–Crippen LogP) is 12.3. The fourth-order valence-corrected chi connectivity index (χ4v) is 7.50. The van der Waals surface area contributed by atoms with E-state index >= 15 is 0 Å². The summed E-state index contributed by atoms with van der Waals surface area (Å²) in [6.07, 6.45) is 3.98. The second-order valence-corrected chi connectivity index (χ2v) is 19.5. The Hall–Kier alpha value is -4.93. The van der Waals surface area contributed by atoms with E-state index in [1.165, 1.54) is 33.0 Å². The molecule has 0 aliphatic heterocycles. The Labute approximate surface area is 322 Å². The van der Waals surface area contributed by atoms with E-state index in [0.29, 0.717) is 5.92 Å². The van der Waals surface area contributed by atoms with E-state index in [0.717, 1.165) is 50.0 Å². The Bertz CT molecular complexity index is 2430.